The number of hydrogen-bond acceptors (Lipinski definition) is 4. The van der Waals surface area contributed by atoms with Gasteiger partial charge in [-0.25, -0.2) is 8.42 Å². The van der Waals surface area contributed by atoms with E-state index in [0.29, 0.717) is 5.02 Å². The molecule has 8 heteroatoms. The highest BCUT2D eigenvalue weighted by Crippen LogP contribution is 2.23. The maximum atomic E-state index is 12.2. The minimum absolute atomic E-state index is 0.0415. The van der Waals surface area contributed by atoms with Crippen LogP contribution < -0.4 is 15.8 Å². The van der Waals surface area contributed by atoms with E-state index in [1.807, 2.05) is 0 Å². The molecule has 0 heterocycles. The monoisotopic (exact) mass is 317 g/mol. The van der Waals surface area contributed by atoms with E-state index >= 15 is 0 Å². The predicted octanol–water partition coefficient (Wildman–Crippen LogP) is 0.868. The number of anilines is 1. The third-order valence-corrected chi connectivity index (χ3v) is 4.76. The van der Waals surface area contributed by atoms with Crippen molar-refractivity contribution in [2.45, 2.75) is 36.7 Å². The summed E-state index contributed by atoms with van der Waals surface area (Å²) in [5.74, 6) is -0.344. The molecular weight excluding hydrogens is 302 g/mol. The highest BCUT2D eigenvalue weighted by molar-refractivity contribution is 7.89. The van der Waals surface area contributed by atoms with E-state index in [1.165, 1.54) is 25.1 Å². The van der Waals surface area contributed by atoms with Crippen molar-refractivity contribution >= 4 is 33.2 Å². The van der Waals surface area contributed by atoms with Crippen LogP contribution in [0.25, 0.3) is 0 Å². The van der Waals surface area contributed by atoms with E-state index in [0.717, 1.165) is 12.8 Å². The highest BCUT2D eigenvalue weighted by atomic mass is 35.5. The van der Waals surface area contributed by atoms with E-state index in [1.54, 1.807) is 0 Å². The van der Waals surface area contributed by atoms with E-state index in [-0.39, 0.29) is 22.5 Å². The third kappa shape index (κ3) is 3.62. The zero-order valence-corrected chi connectivity index (χ0v) is 12.5. The van der Waals surface area contributed by atoms with E-state index < -0.39 is 16.1 Å². The van der Waals surface area contributed by atoms with E-state index in [4.69, 9.17) is 17.3 Å². The lowest BCUT2D eigenvalue weighted by atomic mass is 10.3. The Morgan fingerprint density at radius 3 is 2.65 bits per heavy atom. The van der Waals surface area contributed by atoms with Crippen LogP contribution >= 0.6 is 11.6 Å². The van der Waals surface area contributed by atoms with Crippen molar-refractivity contribution in [3.8, 4) is 0 Å². The van der Waals surface area contributed by atoms with Gasteiger partial charge >= 0.3 is 0 Å². The molecule has 1 amide bonds. The number of amides is 1. The summed E-state index contributed by atoms with van der Waals surface area (Å²) in [4.78, 5) is 11.7. The number of benzene rings is 1. The second kappa shape index (κ2) is 5.59. The lowest BCUT2D eigenvalue weighted by Crippen LogP contribution is -2.45. The Balaban J connectivity index is 2.11. The van der Waals surface area contributed by atoms with E-state index in [9.17, 15) is 13.2 Å². The van der Waals surface area contributed by atoms with Crippen LogP contribution in [0.2, 0.25) is 5.02 Å². The fourth-order valence-electron chi connectivity index (χ4n) is 1.67. The van der Waals surface area contributed by atoms with Gasteiger partial charge in [0.05, 0.1) is 11.7 Å². The first-order valence-electron chi connectivity index (χ1n) is 6.17. The van der Waals surface area contributed by atoms with Gasteiger partial charge in [0.15, 0.2) is 0 Å². The molecule has 110 valence electrons. The molecule has 4 N–H and O–H groups in total. The standard InChI is InChI=1S/C12H16ClN3O3S/c1-7(12(17)15-9-3-4-9)16-20(18,19)11-5-2-8(13)6-10(11)14/h2,5-7,9,16H,3-4,14H2,1H3,(H,15,17). The lowest BCUT2D eigenvalue weighted by Gasteiger charge is -2.15. The molecule has 1 aliphatic carbocycles. The normalized spacial score (nSPS) is 16.7. The summed E-state index contributed by atoms with van der Waals surface area (Å²) in [6.07, 6.45) is 1.88. The molecule has 1 atom stereocenters. The van der Waals surface area contributed by atoms with Crippen molar-refractivity contribution in [2.75, 3.05) is 5.73 Å². The second-order valence-corrected chi connectivity index (χ2v) is 6.93. The summed E-state index contributed by atoms with van der Waals surface area (Å²) in [5.41, 5.74) is 5.69. The van der Waals surface area contributed by atoms with Gasteiger partial charge in [-0.15, -0.1) is 0 Å². The SMILES string of the molecule is CC(NS(=O)(=O)c1ccc(Cl)cc1N)C(=O)NC1CC1. The quantitative estimate of drug-likeness (QED) is 0.701. The molecule has 0 saturated heterocycles. The maximum absolute atomic E-state index is 12.2. The van der Waals surface area contributed by atoms with Crippen molar-refractivity contribution in [3.05, 3.63) is 23.2 Å². The zero-order chi connectivity index (χ0) is 14.9. The second-order valence-electron chi connectivity index (χ2n) is 4.81. The van der Waals surface area contributed by atoms with Gasteiger partial charge in [0, 0.05) is 11.1 Å². The van der Waals surface area contributed by atoms with Crippen molar-refractivity contribution in [2.24, 2.45) is 0 Å². The van der Waals surface area contributed by atoms with Gasteiger partial charge in [0.25, 0.3) is 0 Å². The van der Waals surface area contributed by atoms with Gasteiger partial charge < -0.3 is 11.1 Å². The lowest BCUT2D eigenvalue weighted by molar-refractivity contribution is -0.122. The fourth-order valence-corrected chi connectivity index (χ4v) is 3.16. The summed E-state index contributed by atoms with van der Waals surface area (Å²) in [5, 5.41) is 3.08. The summed E-state index contributed by atoms with van der Waals surface area (Å²) >= 11 is 5.73. The Hall–Kier alpha value is -1.31. The van der Waals surface area contributed by atoms with Gasteiger partial charge in [-0.3, -0.25) is 4.79 Å². The third-order valence-electron chi connectivity index (χ3n) is 2.91. The Labute approximate surface area is 122 Å². The number of nitrogens with two attached hydrogens (primary N) is 1. The number of sulfonamides is 1. The average Bonchev–Trinajstić information content (AvgIpc) is 3.11. The Morgan fingerprint density at radius 2 is 2.10 bits per heavy atom. The largest absolute Gasteiger partial charge is 0.398 e. The number of carbonyl (C=O) groups excluding carboxylic acids is 1. The molecule has 0 aromatic heterocycles. The molecule has 1 aliphatic rings. The molecule has 0 bridgehead atoms. The van der Waals surface area contributed by atoms with Crippen LogP contribution in [-0.2, 0) is 14.8 Å². The van der Waals surface area contributed by atoms with Gasteiger partial charge in [-0.05, 0) is 38.0 Å². The first-order chi connectivity index (χ1) is 9.29. The molecule has 0 spiro atoms. The first kappa shape index (κ1) is 15.1. The molecule has 1 aromatic rings. The van der Waals surface area contributed by atoms with Gasteiger partial charge in [-0.1, -0.05) is 11.6 Å². The van der Waals surface area contributed by atoms with Crippen LogP contribution in [0.1, 0.15) is 19.8 Å². The van der Waals surface area contributed by atoms with Crippen LogP contribution in [0.4, 0.5) is 5.69 Å². The van der Waals surface area contributed by atoms with E-state index in [2.05, 4.69) is 10.0 Å². The number of halogens is 1. The molecule has 2 rings (SSSR count). The van der Waals surface area contributed by atoms with Gasteiger partial charge in [-0.2, -0.15) is 4.72 Å². The Bertz CT molecular complexity index is 629. The van der Waals surface area contributed by atoms with Crippen LogP contribution in [-0.4, -0.2) is 26.4 Å². The first-order valence-corrected chi connectivity index (χ1v) is 8.03. The molecule has 1 fully saturated rings. The number of nitrogens with one attached hydrogen (secondary N) is 2. The molecule has 6 nitrogen and oxygen atoms in total. The minimum atomic E-state index is -3.86. The van der Waals surface area contributed by atoms with Crippen molar-refractivity contribution < 1.29 is 13.2 Å². The van der Waals surface area contributed by atoms with Crippen LogP contribution in [0.5, 0.6) is 0 Å². The molecule has 1 saturated carbocycles. The fraction of sp³-hybridized carbons (Fsp3) is 0.417. The van der Waals surface area contributed by atoms with Gasteiger partial charge in [0.2, 0.25) is 15.9 Å². The molecule has 0 aliphatic heterocycles. The number of nitrogen functional groups attached to an aromatic ring is 1. The highest BCUT2D eigenvalue weighted by Gasteiger charge is 2.28. The molecule has 1 unspecified atom stereocenters. The number of hydrogen-bond donors (Lipinski definition) is 3. The Morgan fingerprint density at radius 1 is 1.45 bits per heavy atom. The zero-order valence-electron chi connectivity index (χ0n) is 10.9. The maximum Gasteiger partial charge on any atom is 0.243 e. The van der Waals surface area contributed by atoms with Crippen molar-refractivity contribution in [1.82, 2.24) is 10.0 Å². The average molecular weight is 318 g/mol. The van der Waals surface area contributed by atoms with Gasteiger partial charge in [0.1, 0.15) is 4.90 Å². The number of rotatable bonds is 5. The molecule has 1 aromatic carbocycles. The minimum Gasteiger partial charge on any atom is -0.398 e. The molecule has 20 heavy (non-hydrogen) atoms. The molecular formula is C12H16ClN3O3S. The Kier molecular flexibility index (Phi) is 4.22. The topological polar surface area (TPSA) is 101 Å². The van der Waals surface area contributed by atoms with Crippen LogP contribution in [0, 0.1) is 0 Å². The van der Waals surface area contributed by atoms with Crippen molar-refractivity contribution in [3.63, 3.8) is 0 Å². The smallest absolute Gasteiger partial charge is 0.243 e. The summed E-state index contributed by atoms with van der Waals surface area (Å²) < 4.78 is 26.6. The number of carbonyl (C=O) groups is 1. The molecule has 0 radical (unpaired) electrons. The van der Waals surface area contributed by atoms with Crippen LogP contribution in [0.15, 0.2) is 23.1 Å². The summed E-state index contributed by atoms with van der Waals surface area (Å²) in [6.45, 7) is 1.49. The predicted molar refractivity (Wildman–Crippen MR) is 76.8 cm³/mol. The van der Waals surface area contributed by atoms with Crippen LogP contribution in [0.3, 0.4) is 0 Å². The van der Waals surface area contributed by atoms with Crippen molar-refractivity contribution in [1.29, 1.82) is 0 Å². The summed E-state index contributed by atoms with van der Waals surface area (Å²) in [6, 6.07) is 3.41. The summed E-state index contributed by atoms with van der Waals surface area (Å²) in [7, 11) is -3.86.